The summed E-state index contributed by atoms with van der Waals surface area (Å²) < 4.78 is 13.3. The van der Waals surface area contributed by atoms with Gasteiger partial charge in [-0.3, -0.25) is 9.78 Å². The molecular formula is C13H15FN4O. The predicted molar refractivity (Wildman–Crippen MR) is 66.5 cm³/mol. The fourth-order valence-electron chi connectivity index (χ4n) is 2.22. The summed E-state index contributed by atoms with van der Waals surface area (Å²) in [6.07, 6.45) is 2.54. The lowest BCUT2D eigenvalue weighted by molar-refractivity contribution is -0.132. The van der Waals surface area contributed by atoms with E-state index < -0.39 is 18.3 Å². The second-order valence-corrected chi connectivity index (χ2v) is 4.63. The molecule has 1 amide bonds. The summed E-state index contributed by atoms with van der Waals surface area (Å²) in [4.78, 5) is 17.3. The molecule has 5 nitrogen and oxygen atoms in total. The number of aromatic nitrogens is 1. The molecule has 2 N–H and O–H groups in total. The zero-order valence-corrected chi connectivity index (χ0v) is 10.4. The average Bonchev–Trinajstić information content (AvgIpc) is 2.80. The van der Waals surface area contributed by atoms with Crippen LogP contribution in [0.4, 0.5) is 4.39 Å². The smallest absolute Gasteiger partial charge is 0.241 e. The van der Waals surface area contributed by atoms with Gasteiger partial charge in [-0.15, -0.1) is 0 Å². The Bertz CT molecular complexity index is 487. The summed E-state index contributed by atoms with van der Waals surface area (Å²) in [5.41, 5.74) is 6.74. The van der Waals surface area contributed by atoms with Gasteiger partial charge in [-0.05, 0) is 24.1 Å². The van der Waals surface area contributed by atoms with Crippen LogP contribution in [0.5, 0.6) is 0 Å². The van der Waals surface area contributed by atoms with Gasteiger partial charge in [0.2, 0.25) is 5.91 Å². The summed E-state index contributed by atoms with van der Waals surface area (Å²) in [5.74, 6) is -0.372. The first-order chi connectivity index (χ1) is 9.11. The Balaban J connectivity index is 2.01. The monoisotopic (exact) mass is 262 g/mol. The number of nitrogens with zero attached hydrogens (tertiary/aromatic N) is 3. The van der Waals surface area contributed by atoms with Crippen LogP contribution in [0.3, 0.4) is 0 Å². The van der Waals surface area contributed by atoms with Gasteiger partial charge in [0.15, 0.2) is 0 Å². The van der Waals surface area contributed by atoms with Gasteiger partial charge >= 0.3 is 0 Å². The van der Waals surface area contributed by atoms with E-state index in [9.17, 15) is 9.18 Å². The van der Waals surface area contributed by atoms with Gasteiger partial charge in [0.25, 0.3) is 0 Å². The minimum atomic E-state index is -1.14. The standard InChI is InChI=1S/C13H15FN4O/c14-10-6-11(7-15)18(8-10)13(19)12(16)5-9-1-3-17-4-2-9/h1-4,10-12H,5-6,8,16H2/t10?,11?,12-/m0/s1. The van der Waals surface area contributed by atoms with Crippen LogP contribution in [0, 0.1) is 11.3 Å². The SMILES string of the molecule is N#CC1CC(F)CN1C(=O)[C@@H](N)Cc1ccncc1. The third kappa shape index (κ3) is 3.06. The summed E-state index contributed by atoms with van der Waals surface area (Å²) in [6, 6.07) is 4.03. The van der Waals surface area contributed by atoms with Crippen LogP contribution in [0.2, 0.25) is 0 Å². The third-order valence-corrected chi connectivity index (χ3v) is 3.20. The molecular weight excluding hydrogens is 247 g/mol. The van der Waals surface area contributed by atoms with E-state index in [1.165, 1.54) is 4.90 Å². The second kappa shape index (κ2) is 5.76. The van der Waals surface area contributed by atoms with Crippen molar-refractivity contribution in [3.8, 4) is 6.07 Å². The lowest BCUT2D eigenvalue weighted by Crippen LogP contribution is -2.46. The number of halogens is 1. The third-order valence-electron chi connectivity index (χ3n) is 3.20. The highest BCUT2D eigenvalue weighted by Crippen LogP contribution is 2.21. The van der Waals surface area contributed by atoms with Gasteiger partial charge in [-0.25, -0.2) is 4.39 Å². The minimum Gasteiger partial charge on any atom is -0.322 e. The molecule has 2 heterocycles. The highest BCUT2D eigenvalue weighted by Gasteiger charge is 2.37. The van der Waals surface area contributed by atoms with Gasteiger partial charge in [0.05, 0.1) is 18.7 Å². The zero-order chi connectivity index (χ0) is 13.8. The van der Waals surface area contributed by atoms with Gasteiger partial charge in [-0.2, -0.15) is 5.26 Å². The van der Waals surface area contributed by atoms with E-state index in [1.54, 1.807) is 24.5 Å². The van der Waals surface area contributed by atoms with Crippen molar-refractivity contribution >= 4 is 5.91 Å². The first-order valence-electron chi connectivity index (χ1n) is 6.10. The number of likely N-dealkylation sites (tertiary alicyclic amines) is 1. The van der Waals surface area contributed by atoms with Crippen LogP contribution in [0.1, 0.15) is 12.0 Å². The van der Waals surface area contributed by atoms with Gasteiger partial charge in [0, 0.05) is 18.8 Å². The minimum absolute atomic E-state index is 0.0406. The average molecular weight is 262 g/mol. The largest absolute Gasteiger partial charge is 0.322 e. The van der Waals surface area contributed by atoms with Gasteiger partial charge in [0.1, 0.15) is 12.2 Å². The molecule has 1 aromatic heterocycles. The van der Waals surface area contributed by atoms with Crippen molar-refractivity contribution in [3.05, 3.63) is 30.1 Å². The zero-order valence-electron chi connectivity index (χ0n) is 10.4. The van der Waals surface area contributed by atoms with Crippen molar-refractivity contribution in [2.45, 2.75) is 31.1 Å². The Hall–Kier alpha value is -2.00. The fourth-order valence-corrected chi connectivity index (χ4v) is 2.22. The molecule has 2 rings (SSSR count). The molecule has 100 valence electrons. The lowest BCUT2D eigenvalue weighted by atomic mass is 10.1. The Kier molecular flexibility index (Phi) is 4.07. The summed E-state index contributed by atoms with van der Waals surface area (Å²) in [6.45, 7) is -0.0406. The fraction of sp³-hybridized carbons (Fsp3) is 0.462. The highest BCUT2D eigenvalue weighted by atomic mass is 19.1. The number of pyridine rings is 1. The molecule has 0 aliphatic carbocycles. The molecule has 0 bridgehead atoms. The molecule has 0 aromatic carbocycles. The molecule has 3 atom stereocenters. The Morgan fingerprint density at radius 3 is 2.95 bits per heavy atom. The lowest BCUT2D eigenvalue weighted by Gasteiger charge is -2.23. The number of nitriles is 1. The number of hydrogen-bond donors (Lipinski definition) is 1. The van der Waals surface area contributed by atoms with Crippen LogP contribution >= 0.6 is 0 Å². The number of amides is 1. The molecule has 0 spiro atoms. The van der Waals surface area contributed by atoms with E-state index in [4.69, 9.17) is 11.0 Å². The van der Waals surface area contributed by atoms with Crippen molar-refractivity contribution in [1.29, 1.82) is 5.26 Å². The summed E-state index contributed by atoms with van der Waals surface area (Å²) in [5, 5.41) is 8.91. The maximum Gasteiger partial charge on any atom is 0.241 e. The quantitative estimate of drug-likeness (QED) is 0.855. The Morgan fingerprint density at radius 1 is 1.63 bits per heavy atom. The molecule has 19 heavy (non-hydrogen) atoms. The number of alkyl halides is 1. The van der Waals surface area contributed by atoms with E-state index >= 15 is 0 Å². The van der Waals surface area contributed by atoms with Gasteiger partial charge in [-0.1, -0.05) is 0 Å². The number of carbonyl (C=O) groups excluding carboxylic acids is 1. The first kappa shape index (κ1) is 13.4. The number of hydrogen-bond acceptors (Lipinski definition) is 4. The summed E-state index contributed by atoms with van der Waals surface area (Å²) in [7, 11) is 0. The molecule has 2 unspecified atom stereocenters. The molecule has 1 aliphatic rings. The molecule has 0 saturated carbocycles. The Labute approximate surface area is 110 Å². The van der Waals surface area contributed by atoms with E-state index in [0.717, 1.165) is 5.56 Å². The maximum absolute atomic E-state index is 13.3. The molecule has 1 saturated heterocycles. The topological polar surface area (TPSA) is 83.0 Å². The van der Waals surface area contributed by atoms with Crippen molar-refractivity contribution in [2.75, 3.05) is 6.54 Å². The van der Waals surface area contributed by atoms with Crippen LogP contribution in [-0.2, 0) is 11.2 Å². The maximum atomic E-state index is 13.3. The number of rotatable bonds is 3. The second-order valence-electron chi connectivity index (χ2n) is 4.63. The van der Waals surface area contributed by atoms with E-state index in [-0.39, 0.29) is 18.9 Å². The van der Waals surface area contributed by atoms with Crippen molar-refractivity contribution in [1.82, 2.24) is 9.88 Å². The normalized spacial score (nSPS) is 23.9. The molecule has 1 aliphatic heterocycles. The van der Waals surface area contributed by atoms with Crippen molar-refractivity contribution in [3.63, 3.8) is 0 Å². The van der Waals surface area contributed by atoms with E-state index in [1.807, 2.05) is 6.07 Å². The van der Waals surface area contributed by atoms with Crippen LogP contribution in [0.15, 0.2) is 24.5 Å². The molecule has 6 heteroatoms. The van der Waals surface area contributed by atoms with E-state index in [2.05, 4.69) is 4.98 Å². The molecule has 1 fully saturated rings. The highest BCUT2D eigenvalue weighted by molar-refractivity contribution is 5.83. The molecule has 1 aromatic rings. The predicted octanol–water partition coefficient (Wildman–Crippen LogP) is 0.414. The van der Waals surface area contributed by atoms with Crippen molar-refractivity contribution in [2.24, 2.45) is 5.73 Å². The van der Waals surface area contributed by atoms with Crippen LogP contribution in [-0.4, -0.2) is 40.6 Å². The Morgan fingerprint density at radius 2 is 2.32 bits per heavy atom. The molecule has 0 radical (unpaired) electrons. The van der Waals surface area contributed by atoms with Crippen LogP contribution < -0.4 is 5.73 Å². The van der Waals surface area contributed by atoms with Crippen molar-refractivity contribution < 1.29 is 9.18 Å². The summed E-state index contributed by atoms with van der Waals surface area (Å²) >= 11 is 0. The number of nitrogens with two attached hydrogens (primary N) is 1. The van der Waals surface area contributed by atoms with Crippen LogP contribution in [0.25, 0.3) is 0 Å². The number of carbonyl (C=O) groups is 1. The first-order valence-corrected chi connectivity index (χ1v) is 6.10. The van der Waals surface area contributed by atoms with Gasteiger partial charge < -0.3 is 10.6 Å². The van der Waals surface area contributed by atoms with E-state index in [0.29, 0.717) is 6.42 Å².